The molecular weight excluding hydrogens is 298 g/mol. The van der Waals surface area contributed by atoms with Gasteiger partial charge in [0.25, 0.3) is 0 Å². The molecule has 0 bridgehead atoms. The average Bonchev–Trinajstić information content (AvgIpc) is 2.76. The lowest BCUT2D eigenvalue weighted by Crippen LogP contribution is -2.39. The van der Waals surface area contributed by atoms with Gasteiger partial charge in [-0.05, 0) is 43.7 Å². The number of rotatable bonds is 3. The number of hydrogen-bond donors (Lipinski definition) is 1. The maximum Gasteiger partial charge on any atom is 0.326 e. The Hall–Kier alpha value is -1.55. The number of aromatic amines is 1. The molecule has 1 aliphatic heterocycles. The van der Waals surface area contributed by atoms with Crippen molar-refractivity contribution >= 4 is 11.0 Å². The SMILES string of the molecule is O=c1[nH]c2ccccc2n1C1CCN(CC2CCCCCC2)CC1. The van der Waals surface area contributed by atoms with Crippen LogP contribution in [0, 0.1) is 5.92 Å². The van der Waals surface area contributed by atoms with Crippen LogP contribution in [0.2, 0.25) is 0 Å². The van der Waals surface area contributed by atoms with Crippen molar-refractivity contribution in [2.75, 3.05) is 19.6 Å². The molecule has 24 heavy (non-hydrogen) atoms. The van der Waals surface area contributed by atoms with Gasteiger partial charge in [-0.15, -0.1) is 0 Å². The zero-order valence-electron chi connectivity index (χ0n) is 14.5. The summed E-state index contributed by atoms with van der Waals surface area (Å²) < 4.78 is 2.00. The highest BCUT2D eigenvalue weighted by Gasteiger charge is 2.25. The van der Waals surface area contributed by atoms with Gasteiger partial charge in [0.2, 0.25) is 0 Å². The largest absolute Gasteiger partial charge is 0.326 e. The number of hydrogen-bond acceptors (Lipinski definition) is 2. The molecule has 4 rings (SSSR count). The van der Waals surface area contributed by atoms with Crippen LogP contribution in [-0.2, 0) is 0 Å². The molecule has 2 fully saturated rings. The molecule has 0 amide bonds. The second-order valence-corrected chi connectivity index (χ2v) is 7.71. The predicted octanol–water partition coefficient (Wildman–Crippen LogP) is 3.94. The van der Waals surface area contributed by atoms with Crippen molar-refractivity contribution in [2.45, 2.75) is 57.4 Å². The third-order valence-electron chi connectivity index (χ3n) is 6.04. The summed E-state index contributed by atoms with van der Waals surface area (Å²) >= 11 is 0. The van der Waals surface area contributed by atoms with Crippen LogP contribution in [0.4, 0.5) is 0 Å². The quantitative estimate of drug-likeness (QED) is 0.868. The smallest absolute Gasteiger partial charge is 0.306 e. The minimum atomic E-state index is 0.0541. The maximum atomic E-state index is 12.4. The Morgan fingerprint density at radius 2 is 1.67 bits per heavy atom. The van der Waals surface area contributed by atoms with E-state index >= 15 is 0 Å². The number of benzene rings is 1. The third-order valence-corrected chi connectivity index (χ3v) is 6.04. The maximum absolute atomic E-state index is 12.4. The lowest BCUT2D eigenvalue weighted by Gasteiger charge is -2.34. The van der Waals surface area contributed by atoms with Crippen molar-refractivity contribution in [3.05, 3.63) is 34.7 Å². The van der Waals surface area contributed by atoms with Gasteiger partial charge in [-0.1, -0.05) is 37.8 Å². The fourth-order valence-electron chi connectivity index (χ4n) is 4.71. The highest BCUT2D eigenvalue weighted by molar-refractivity contribution is 5.75. The van der Waals surface area contributed by atoms with Crippen molar-refractivity contribution in [2.24, 2.45) is 5.92 Å². The van der Waals surface area contributed by atoms with Gasteiger partial charge in [0.15, 0.2) is 0 Å². The highest BCUT2D eigenvalue weighted by atomic mass is 16.1. The average molecular weight is 327 g/mol. The second-order valence-electron chi connectivity index (χ2n) is 7.71. The number of imidazole rings is 1. The lowest BCUT2D eigenvalue weighted by atomic mass is 9.97. The van der Waals surface area contributed by atoms with Crippen molar-refractivity contribution in [1.29, 1.82) is 0 Å². The number of H-pyrrole nitrogens is 1. The van der Waals surface area contributed by atoms with E-state index in [2.05, 4.69) is 16.0 Å². The molecule has 1 saturated heterocycles. The van der Waals surface area contributed by atoms with Gasteiger partial charge in [0.1, 0.15) is 0 Å². The number of nitrogens with one attached hydrogen (secondary N) is 1. The van der Waals surface area contributed by atoms with E-state index in [4.69, 9.17) is 0 Å². The van der Waals surface area contributed by atoms with Crippen LogP contribution in [0.15, 0.2) is 29.1 Å². The standard InChI is InChI=1S/C20H29N3O/c24-20-21-18-9-5-6-10-19(18)23(20)17-11-13-22(14-12-17)15-16-7-3-1-2-4-8-16/h5-6,9-10,16-17H,1-4,7-8,11-15H2,(H,21,24). The Morgan fingerprint density at radius 1 is 0.958 bits per heavy atom. The van der Waals surface area contributed by atoms with Gasteiger partial charge in [0.05, 0.1) is 11.0 Å². The van der Waals surface area contributed by atoms with Gasteiger partial charge in [0, 0.05) is 25.7 Å². The molecule has 1 saturated carbocycles. The van der Waals surface area contributed by atoms with Gasteiger partial charge in [-0.2, -0.15) is 0 Å². The minimum absolute atomic E-state index is 0.0541. The lowest BCUT2D eigenvalue weighted by molar-refractivity contribution is 0.157. The summed E-state index contributed by atoms with van der Waals surface area (Å²) in [6.07, 6.45) is 10.7. The molecule has 2 aliphatic rings. The molecule has 1 N–H and O–H groups in total. The fraction of sp³-hybridized carbons (Fsp3) is 0.650. The van der Waals surface area contributed by atoms with E-state index in [0.29, 0.717) is 6.04 Å². The van der Waals surface area contributed by atoms with E-state index < -0.39 is 0 Å². The first-order valence-corrected chi connectivity index (χ1v) is 9.73. The third kappa shape index (κ3) is 3.30. The van der Waals surface area contributed by atoms with Crippen LogP contribution in [0.5, 0.6) is 0 Å². The molecule has 2 heterocycles. The number of piperidine rings is 1. The zero-order chi connectivity index (χ0) is 16.4. The topological polar surface area (TPSA) is 41.0 Å². The molecular formula is C20H29N3O. The van der Waals surface area contributed by atoms with E-state index in [1.165, 1.54) is 45.1 Å². The molecule has 0 spiro atoms. The number of nitrogens with zero attached hydrogens (tertiary/aromatic N) is 2. The first kappa shape index (κ1) is 15.9. The monoisotopic (exact) mass is 327 g/mol. The van der Waals surface area contributed by atoms with Crippen molar-refractivity contribution in [3.8, 4) is 0 Å². The normalized spacial score (nSPS) is 22.0. The number of likely N-dealkylation sites (tertiary alicyclic amines) is 1. The molecule has 0 radical (unpaired) electrons. The summed E-state index contributed by atoms with van der Waals surface area (Å²) in [7, 11) is 0. The van der Waals surface area contributed by atoms with Crippen LogP contribution in [0.1, 0.15) is 57.4 Å². The molecule has 2 aromatic rings. The molecule has 0 atom stereocenters. The van der Waals surface area contributed by atoms with Crippen LogP contribution in [0.3, 0.4) is 0 Å². The van der Waals surface area contributed by atoms with Crippen molar-refractivity contribution in [1.82, 2.24) is 14.5 Å². The van der Waals surface area contributed by atoms with E-state index in [1.54, 1.807) is 0 Å². The number of fused-ring (bicyclic) bond motifs is 1. The van der Waals surface area contributed by atoms with E-state index in [-0.39, 0.29) is 5.69 Å². The molecule has 1 aromatic heterocycles. The molecule has 130 valence electrons. The van der Waals surface area contributed by atoms with Gasteiger partial charge in [-0.3, -0.25) is 4.57 Å². The summed E-state index contributed by atoms with van der Waals surface area (Å²) in [5.41, 5.74) is 2.08. The minimum Gasteiger partial charge on any atom is -0.306 e. The molecule has 4 heteroatoms. The first-order valence-electron chi connectivity index (χ1n) is 9.73. The Kier molecular flexibility index (Phi) is 4.74. The summed E-state index contributed by atoms with van der Waals surface area (Å²) in [6, 6.07) is 8.41. The van der Waals surface area contributed by atoms with Crippen LogP contribution >= 0.6 is 0 Å². The molecule has 0 unspecified atom stereocenters. The van der Waals surface area contributed by atoms with E-state index in [0.717, 1.165) is 42.9 Å². The van der Waals surface area contributed by atoms with Crippen LogP contribution < -0.4 is 5.69 Å². The van der Waals surface area contributed by atoms with Crippen LogP contribution in [0.25, 0.3) is 11.0 Å². The van der Waals surface area contributed by atoms with Crippen molar-refractivity contribution < 1.29 is 0 Å². The van der Waals surface area contributed by atoms with Gasteiger partial charge >= 0.3 is 5.69 Å². The Labute approximate surface area is 143 Å². The fourth-order valence-corrected chi connectivity index (χ4v) is 4.71. The second kappa shape index (κ2) is 7.14. The Balaban J connectivity index is 1.40. The predicted molar refractivity (Wildman–Crippen MR) is 98.5 cm³/mol. The zero-order valence-corrected chi connectivity index (χ0v) is 14.5. The van der Waals surface area contributed by atoms with Crippen LogP contribution in [-0.4, -0.2) is 34.1 Å². The van der Waals surface area contributed by atoms with Crippen molar-refractivity contribution in [3.63, 3.8) is 0 Å². The summed E-state index contributed by atoms with van der Waals surface area (Å²) in [4.78, 5) is 18.0. The van der Waals surface area contributed by atoms with Gasteiger partial charge in [-0.25, -0.2) is 4.79 Å². The summed E-state index contributed by atoms with van der Waals surface area (Å²) in [5.74, 6) is 0.903. The molecule has 4 nitrogen and oxygen atoms in total. The Bertz CT molecular complexity index is 716. The highest BCUT2D eigenvalue weighted by Crippen LogP contribution is 2.28. The molecule has 1 aromatic carbocycles. The van der Waals surface area contributed by atoms with E-state index in [1.807, 2.05) is 22.8 Å². The summed E-state index contributed by atoms with van der Waals surface area (Å²) in [5, 5.41) is 0. The summed E-state index contributed by atoms with van der Waals surface area (Å²) in [6.45, 7) is 3.54. The molecule has 1 aliphatic carbocycles. The number of para-hydroxylation sites is 2. The number of aromatic nitrogens is 2. The van der Waals surface area contributed by atoms with E-state index in [9.17, 15) is 4.79 Å². The Morgan fingerprint density at radius 3 is 2.42 bits per heavy atom. The first-order chi connectivity index (χ1) is 11.8. The van der Waals surface area contributed by atoms with Gasteiger partial charge < -0.3 is 9.88 Å².